The summed E-state index contributed by atoms with van der Waals surface area (Å²) in [5.74, 6) is -0.234. The first-order chi connectivity index (χ1) is 10.2. The predicted octanol–water partition coefficient (Wildman–Crippen LogP) is 3.74. The number of pyridine rings is 1. The Bertz CT molecular complexity index is 769. The first-order valence-electron chi connectivity index (χ1n) is 6.72. The van der Waals surface area contributed by atoms with Crippen LogP contribution in [-0.2, 0) is 6.42 Å². The topological polar surface area (TPSA) is 29.3 Å². The van der Waals surface area contributed by atoms with Gasteiger partial charge in [0.25, 0.3) is 0 Å². The molecule has 2 heterocycles. The maximum absolute atomic E-state index is 13.2. The molecule has 1 aromatic carbocycles. The van der Waals surface area contributed by atoms with Crippen molar-refractivity contribution in [1.29, 1.82) is 0 Å². The largest absolute Gasteiger partial charge is 0.313 e. The molecule has 0 bridgehead atoms. The number of hydrogen-bond acceptors (Lipinski definition) is 2. The summed E-state index contributed by atoms with van der Waals surface area (Å²) in [6.45, 7) is 0. The molecule has 21 heavy (non-hydrogen) atoms. The van der Waals surface area contributed by atoms with Crippen LogP contribution in [0.4, 0.5) is 4.39 Å². The molecule has 5 heteroatoms. The molecule has 108 valence electrons. The number of fused-ring (bicyclic) bond motifs is 1. The molecule has 0 fully saturated rings. The number of halogens is 2. The van der Waals surface area contributed by atoms with Gasteiger partial charge in [-0.25, -0.2) is 8.91 Å². The second kappa shape index (κ2) is 5.95. The molecule has 3 nitrogen and oxygen atoms in total. The van der Waals surface area contributed by atoms with E-state index in [4.69, 9.17) is 0 Å². The molecule has 0 amide bonds. The second-order valence-corrected chi connectivity index (χ2v) is 5.77. The van der Waals surface area contributed by atoms with Gasteiger partial charge in [-0.15, -0.1) is 0 Å². The molecule has 3 rings (SSSR count). The van der Waals surface area contributed by atoms with E-state index in [1.807, 2.05) is 48.2 Å². The molecular formula is C16H15BrFN3. The van der Waals surface area contributed by atoms with Crippen LogP contribution < -0.4 is 5.32 Å². The molecule has 0 radical (unpaired) electrons. The molecule has 0 aliphatic heterocycles. The summed E-state index contributed by atoms with van der Waals surface area (Å²) >= 11 is 3.43. The van der Waals surface area contributed by atoms with Crippen LogP contribution in [0, 0.1) is 5.82 Å². The highest BCUT2D eigenvalue weighted by Gasteiger charge is 2.16. The van der Waals surface area contributed by atoms with Crippen LogP contribution in [0.2, 0.25) is 0 Å². The van der Waals surface area contributed by atoms with E-state index in [0.29, 0.717) is 0 Å². The SMILES string of the molecule is CNC(Cc1ccc(F)cc1Br)c1cnn2ccccc12. The fourth-order valence-electron chi connectivity index (χ4n) is 2.50. The first-order valence-corrected chi connectivity index (χ1v) is 7.52. The normalized spacial score (nSPS) is 12.7. The molecule has 0 spiro atoms. The lowest BCUT2D eigenvalue weighted by Crippen LogP contribution is -2.19. The van der Waals surface area contributed by atoms with Gasteiger partial charge < -0.3 is 5.32 Å². The third kappa shape index (κ3) is 2.84. The second-order valence-electron chi connectivity index (χ2n) is 4.91. The Kier molecular flexibility index (Phi) is 4.03. The van der Waals surface area contributed by atoms with Crippen LogP contribution in [0.5, 0.6) is 0 Å². The van der Waals surface area contributed by atoms with Crippen LogP contribution in [0.1, 0.15) is 17.2 Å². The molecule has 0 aliphatic carbocycles. The Morgan fingerprint density at radius 1 is 1.33 bits per heavy atom. The van der Waals surface area contributed by atoms with Crippen molar-refractivity contribution in [3.63, 3.8) is 0 Å². The van der Waals surface area contributed by atoms with E-state index in [-0.39, 0.29) is 11.9 Å². The van der Waals surface area contributed by atoms with E-state index >= 15 is 0 Å². The van der Waals surface area contributed by atoms with E-state index in [1.54, 1.807) is 0 Å². The van der Waals surface area contributed by atoms with Gasteiger partial charge in [-0.1, -0.05) is 28.1 Å². The lowest BCUT2D eigenvalue weighted by Gasteiger charge is -2.16. The van der Waals surface area contributed by atoms with Crippen molar-refractivity contribution in [2.24, 2.45) is 0 Å². The summed E-state index contributed by atoms with van der Waals surface area (Å²) < 4.78 is 15.8. The van der Waals surface area contributed by atoms with Crippen LogP contribution in [0.3, 0.4) is 0 Å². The Hall–Kier alpha value is -1.72. The maximum Gasteiger partial charge on any atom is 0.124 e. The molecular weight excluding hydrogens is 333 g/mol. The Balaban J connectivity index is 1.95. The molecule has 2 aromatic heterocycles. The Morgan fingerprint density at radius 3 is 2.95 bits per heavy atom. The molecule has 1 unspecified atom stereocenters. The lowest BCUT2D eigenvalue weighted by atomic mass is 10.00. The lowest BCUT2D eigenvalue weighted by molar-refractivity contribution is 0.591. The van der Waals surface area contributed by atoms with Crippen LogP contribution in [0.15, 0.2) is 53.3 Å². The van der Waals surface area contributed by atoms with Gasteiger partial charge in [0.05, 0.1) is 11.7 Å². The summed E-state index contributed by atoms with van der Waals surface area (Å²) in [5, 5.41) is 7.69. The number of nitrogens with zero attached hydrogens (tertiary/aromatic N) is 2. The highest BCUT2D eigenvalue weighted by molar-refractivity contribution is 9.10. The van der Waals surface area contributed by atoms with E-state index < -0.39 is 0 Å². The average Bonchev–Trinajstić information content (AvgIpc) is 2.91. The van der Waals surface area contributed by atoms with Crippen LogP contribution >= 0.6 is 15.9 Å². The van der Waals surface area contributed by atoms with Gasteiger partial charge in [0, 0.05) is 22.3 Å². The van der Waals surface area contributed by atoms with Gasteiger partial charge >= 0.3 is 0 Å². The van der Waals surface area contributed by atoms with Crippen molar-refractivity contribution in [3.05, 3.63) is 70.2 Å². The number of hydrogen-bond donors (Lipinski definition) is 1. The summed E-state index contributed by atoms with van der Waals surface area (Å²) in [7, 11) is 1.93. The molecule has 0 aliphatic rings. The molecule has 3 aromatic rings. The Morgan fingerprint density at radius 2 is 2.19 bits per heavy atom. The number of nitrogens with one attached hydrogen (secondary N) is 1. The van der Waals surface area contributed by atoms with E-state index in [1.165, 1.54) is 12.1 Å². The van der Waals surface area contributed by atoms with Crippen LogP contribution in [-0.4, -0.2) is 16.7 Å². The Labute approximate surface area is 130 Å². The molecule has 0 saturated heterocycles. The summed E-state index contributed by atoms with van der Waals surface area (Å²) in [6.07, 6.45) is 4.57. The number of benzene rings is 1. The number of aromatic nitrogens is 2. The minimum absolute atomic E-state index is 0.117. The molecule has 0 saturated carbocycles. The highest BCUT2D eigenvalue weighted by atomic mass is 79.9. The van der Waals surface area contributed by atoms with E-state index in [2.05, 4.69) is 26.3 Å². The molecule has 1 N–H and O–H groups in total. The standard InChI is InChI=1S/C16H15BrFN3/c1-19-15(8-11-5-6-12(18)9-14(11)17)13-10-20-21-7-3-2-4-16(13)21/h2-7,9-10,15,19H,8H2,1H3. The maximum atomic E-state index is 13.2. The predicted molar refractivity (Wildman–Crippen MR) is 84.8 cm³/mol. The zero-order chi connectivity index (χ0) is 14.8. The fraction of sp³-hybridized carbons (Fsp3) is 0.188. The fourth-order valence-corrected chi connectivity index (χ4v) is 3.01. The van der Waals surface area contributed by atoms with Crippen molar-refractivity contribution in [1.82, 2.24) is 14.9 Å². The van der Waals surface area contributed by atoms with Gasteiger partial charge in [-0.05, 0) is 43.3 Å². The highest BCUT2D eigenvalue weighted by Crippen LogP contribution is 2.26. The zero-order valence-electron chi connectivity index (χ0n) is 11.6. The quantitative estimate of drug-likeness (QED) is 0.778. The van der Waals surface area contributed by atoms with Gasteiger partial charge in [-0.3, -0.25) is 0 Å². The summed E-state index contributed by atoms with van der Waals surface area (Å²) in [5.41, 5.74) is 3.27. The zero-order valence-corrected chi connectivity index (χ0v) is 13.1. The van der Waals surface area contributed by atoms with Crippen molar-refractivity contribution in [3.8, 4) is 0 Å². The van der Waals surface area contributed by atoms with Crippen molar-refractivity contribution >= 4 is 21.4 Å². The van der Waals surface area contributed by atoms with Gasteiger partial charge in [-0.2, -0.15) is 5.10 Å². The van der Waals surface area contributed by atoms with Gasteiger partial charge in [0.2, 0.25) is 0 Å². The summed E-state index contributed by atoms with van der Waals surface area (Å²) in [4.78, 5) is 0. The summed E-state index contributed by atoms with van der Waals surface area (Å²) in [6, 6.07) is 10.9. The third-order valence-corrected chi connectivity index (χ3v) is 4.36. The van der Waals surface area contributed by atoms with Gasteiger partial charge in [0.15, 0.2) is 0 Å². The van der Waals surface area contributed by atoms with Crippen molar-refractivity contribution < 1.29 is 4.39 Å². The van der Waals surface area contributed by atoms with Crippen LogP contribution in [0.25, 0.3) is 5.52 Å². The first kappa shape index (κ1) is 14.2. The molecule has 1 atom stereocenters. The smallest absolute Gasteiger partial charge is 0.124 e. The third-order valence-electron chi connectivity index (χ3n) is 3.62. The van der Waals surface area contributed by atoms with E-state index in [9.17, 15) is 4.39 Å². The minimum Gasteiger partial charge on any atom is -0.313 e. The average molecular weight is 348 g/mol. The number of likely N-dealkylation sites (N-methyl/N-ethyl adjacent to an activating group) is 1. The number of rotatable bonds is 4. The van der Waals surface area contributed by atoms with Crippen molar-refractivity contribution in [2.45, 2.75) is 12.5 Å². The van der Waals surface area contributed by atoms with Gasteiger partial charge in [0.1, 0.15) is 5.82 Å². The minimum atomic E-state index is -0.234. The van der Waals surface area contributed by atoms with E-state index in [0.717, 1.165) is 27.5 Å². The van der Waals surface area contributed by atoms with Crippen molar-refractivity contribution in [2.75, 3.05) is 7.05 Å². The monoisotopic (exact) mass is 347 g/mol.